The van der Waals surface area contributed by atoms with E-state index in [9.17, 15) is 0 Å². The quantitative estimate of drug-likeness (QED) is 0.642. The largest absolute Gasteiger partial charge is 0.634 e. The van der Waals surface area contributed by atoms with E-state index in [1.807, 2.05) is 31.2 Å². The summed E-state index contributed by atoms with van der Waals surface area (Å²) in [7, 11) is -1.69. The summed E-state index contributed by atoms with van der Waals surface area (Å²) in [6.07, 6.45) is 0. The summed E-state index contributed by atoms with van der Waals surface area (Å²) in [6.45, 7) is 2.17. The van der Waals surface area contributed by atoms with E-state index in [4.69, 9.17) is 10.0 Å². The zero-order chi connectivity index (χ0) is 8.97. The third-order valence-corrected chi connectivity index (χ3v) is 1.65. The van der Waals surface area contributed by atoms with E-state index in [1.165, 1.54) is 0 Å². The molecule has 0 spiro atoms. The van der Waals surface area contributed by atoms with Crippen molar-refractivity contribution in [2.45, 2.75) is 13.5 Å². The molecule has 1 aromatic rings. The van der Waals surface area contributed by atoms with Crippen molar-refractivity contribution in [3.63, 3.8) is 0 Å². The third-order valence-electron chi connectivity index (χ3n) is 1.65. The second-order valence-corrected chi connectivity index (χ2v) is 2.56. The number of hydrogen-bond donors (Lipinski definition) is 2. The Balaban J connectivity index is 2.57. The maximum absolute atomic E-state index is 8.44. The first kappa shape index (κ1) is 9.25. The molecule has 12 heavy (non-hydrogen) atoms. The number of benzene rings is 1. The van der Waals surface area contributed by atoms with E-state index in [0.29, 0.717) is 0 Å². The molecule has 1 aromatic carbocycles. The SMILES string of the molecule is Cc1ccccc1COB(O)O. The molecule has 0 fully saturated rings. The van der Waals surface area contributed by atoms with Crippen LogP contribution in [0.1, 0.15) is 11.1 Å². The number of aryl methyl sites for hydroxylation is 1. The number of rotatable bonds is 3. The van der Waals surface area contributed by atoms with Crippen molar-refractivity contribution in [2.24, 2.45) is 0 Å². The fourth-order valence-corrected chi connectivity index (χ4v) is 0.936. The van der Waals surface area contributed by atoms with Crippen LogP contribution >= 0.6 is 0 Å². The van der Waals surface area contributed by atoms with Gasteiger partial charge in [0.15, 0.2) is 0 Å². The van der Waals surface area contributed by atoms with Crippen LogP contribution in [0.5, 0.6) is 0 Å². The Hall–Kier alpha value is -0.835. The molecular weight excluding hydrogens is 155 g/mol. The van der Waals surface area contributed by atoms with Crippen LogP contribution < -0.4 is 0 Å². The lowest BCUT2D eigenvalue weighted by atomic mass is 10.1. The molecule has 0 saturated heterocycles. The molecule has 0 aliphatic carbocycles. The molecule has 0 aromatic heterocycles. The molecule has 2 N–H and O–H groups in total. The smallest absolute Gasteiger partial charge is 0.402 e. The van der Waals surface area contributed by atoms with E-state index in [1.54, 1.807) is 0 Å². The zero-order valence-corrected chi connectivity index (χ0v) is 6.90. The summed E-state index contributed by atoms with van der Waals surface area (Å²) >= 11 is 0. The van der Waals surface area contributed by atoms with Crippen LogP contribution in [0, 0.1) is 6.92 Å². The fourth-order valence-electron chi connectivity index (χ4n) is 0.936. The van der Waals surface area contributed by atoms with Crippen molar-refractivity contribution >= 4 is 7.32 Å². The van der Waals surface area contributed by atoms with Gasteiger partial charge in [-0.1, -0.05) is 24.3 Å². The van der Waals surface area contributed by atoms with E-state index in [0.717, 1.165) is 11.1 Å². The van der Waals surface area contributed by atoms with Gasteiger partial charge in [0.1, 0.15) is 0 Å². The highest BCUT2D eigenvalue weighted by Gasteiger charge is 2.08. The normalized spacial score (nSPS) is 9.92. The highest BCUT2D eigenvalue weighted by molar-refractivity contribution is 6.32. The highest BCUT2D eigenvalue weighted by Crippen LogP contribution is 2.07. The molecule has 0 unspecified atom stereocenters. The maximum atomic E-state index is 8.44. The molecule has 0 aliphatic rings. The van der Waals surface area contributed by atoms with E-state index in [2.05, 4.69) is 4.65 Å². The summed E-state index contributed by atoms with van der Waals surface area (Å²) in [5.74, 6) is 0. The van der Waals surface area contributed by atoms with Crippen LogP contribution in [0.4, 0.5) is 0 Å². The van der Waals surface area contributed by atoms with Gasteiger partial charge in [-0.2, -0.15) is 0 Å². The Bertz CT molecular complexity index is 250. The van der Waals surface area contributed by atoms with Crippen LogP contribution in [-0.4, -0.2) is 17.4 Å². The minimum absolute atomic E-state index is 0.227. The zero-order valence-electron chi connectivity index (χ0n) is 6.90. The molecule has 0 saturated carbocycles. The Morgan fingerprint density at radius 1 is 1.33 bits per heavy atom. The van der Waals surface area contributed by atoms with Gasteiger partial charge in [0.05, 0.1) is 6.61 Å². The second-order valence-electron chi connectivity index (χ2n) is 2.56. The van der Waals surface area contributed by atoms with Crippen molar-refractivity contribution in [3.05, 3.63) is 35.4 Å². The predicted molar refractivity (Wildman–Crippen MR) is 46.2 cm³/mol. The lowest BCUT2D eigenvalue weighted by molar-refractivity contribution is 0.176. The van der Waals surface area contributed by atoms with Crippen LogP contribution in [0.15, 0.2) is 24.3 Å². The van der Waals surface area contributed by atoms with E-state index >= 15 is 0 Å². The van der Waals surface area contributed by atoms with Gasteiger partial charge in [-0.25, -0.2) is 0 Å². The monoisotopic (exact) mass is 166 g/mol. The molecule has 0 aliphatic heterocycles. The molecule has 64 valence electrons. The summed E-state index contributed by atoms with van der Waals surface area (Å²) in [6, 6.07) is 7.64. The molecule has 1 rings (SSSR count). The van der Waals surface area contributed by atoms with Crippen LogP contribution in [0.3, 0.4) is 0 Å². The minimum Gasteiger partial charge on any atom is -0.402 e. The molecule has 0 radical (unpaired) electrons. The molecular formula is C8H11BO3. The lowest BCUT2D eigenvalue weighted by Gasteiger charge is -2.05. The van der Waals surface area contributed by atoms with E-state index in [-0.39, 0.29) is 6.61 Å². The fraction of sp³-hybridized carbons (Fsp3) is 0.250. The maximum Gasteiger partial charge on any atom is 0.634 e. The summed E-state index contributed by atoms with van der Waals surface area (Å²) in [5.41, 5.74) is 2.05. The van der Waals surface area contributed by atoms with Gasteiger partial charge >= 0.3 is 7.32 Å². The van der Waals surface area contributed by atoms with Gasteiger partial charge < -0.3 is 14.7 Å². The molecule has 3 nitrogen and oxygen atoms in total. The Morgan fingerprint density at radius 3 is 2.58 bits per heavy atom. The van der Waals surface area contributed by atoms with Gasteiger partial charge in [0, 0.05) is 0 Å². The molecule has 4 heteroatoms. The highest BCUT2D eigenvalue weighted by atomic mass is 16.6. The van der Waals surface area contributed by atoms with Crippen LogP contribution in [0.25, 0.3) is 0 Å². The van der Waals surface area contributed by atoms with Crippen molar-refractivity contribution in [2.75, 3.05) is 0 Å². The summed E-state index contributed by atoms with van der Waals surface area (Å²) < 4.78 is 4.62. The first-order chi connectivity index (χ1) is 5.70. The molecule has 0 amide bonds. The van der Waals surface area contributed by atoms with Crippen molar-refractivity contribution in [3.8, 4) is 0 Å². The van der Waals surface area contributed by atoms with Gasteiger partial charge in [-0.3, -0.25) is 0 Å². The van der Waals surface area contributed by atoms with Crippen LogP contribution in [-0.2, 0) is 11.3 Å². The topological polar surface area (TPSA) is 49.7 Å². The number of hydrogen-bond acceptors (Lipinski definition) is 3. The molecule has 0 bridgehead atoms. The van der Waals surface area contributed by atoms with Crippen LogP contribution in [0.2, 0.25) is 0 Å². The predicted octanol–water partition coefficient (Wildman–Crippen LogP) is 0.481. The van der Waals surface area contributed by atoms with Gasteiger partial charge in [0.2, 0.25) is 0 Å². The first-order valence-electron chi connectivity index (χ1n) is 3.72. The van der Waals surface area contributed by atoms with Gasteiger partial charge in [-0.05, 0) is 18.1 Å². The molecule has 0 heterocycles. The van der Waals surface area contributed by atoms with Gasteiger partial charge in [-0.15, -0.1) is 0 Å². The molecule has 0 atom stereocenters. The van der Waals surface area contributed by atoms with Gasteiger partial charge in [0.25, 0.3) is 0 Å². The minimum atomic E-state index is -1.69. The Labute approximate surface area is 71.8 Å². The Kier molecular flexibility index (Phi) is 3.28. The Morgan fingerprint density at radius 2 is 2.00 bits per heavy atom. The second kappa shape index (κ2) is 4.26. The summed E-state index contributed by atoms with van der Waals surface area (Å²) in [4.78, 5) is 0. The van der Waals surface area contributed by atoms with E-state index < -0.39 is 7.32 Å². The van der Waals surface area contributed by atoms with Crippen molar-refractivity contribution in [1.29, 1.82) is 0 Å². The van der Waals surface area contributed by atoms with Crippen molar-refractivity contribution < 1.29 is 14.7 Å². The average molecular weight is 166 g/mol. The average Bonchev–Trinajstić information content (AvgIpc) is 2.03. The van der Waals surface area contributed by atoms with Crippen molar-refractivity contribution in [1.82, 2.24) is 0 Å². The lowest BCUT2D eigenvalue weighted by Crippen LogP contribution is -2.16. The third kappa shape index (κ3) is 2.66. The summed E-state index contributed by atoms with van der Waals surface area (Å²) in [5, 5.41) is 16.9. The standard InChI is InChI=1S/C8H11BO3/c1-7-4-2-3-5-8(7)6-12-9(10)11/h2-5,10-11H,6H2,1H3. The first-order valence-corrected chi connectivity index (χ1v) is 3.72.